The lowest BCUT2D eigenvalue weighted by Crippen LogP contribution is -2.32. The van der Waals surface area contributed by atoms with E-state index >= 15 is 0 Å². The van der Waals surface area contributed by atoms with Gasteiger partial charge in [-0.15, -0.1) is 11.3 Å². The summed E-state index contributed by atoms with van der Waals surface area (Å²) in [5.41, 5.74) is 6.33. The van der Waals surface area contributed by atoms with E-state index in [-0.39, 0.29) is 9.90 Å². The molecule has 1 amide bonds. The molecule has 2 aromatic rings. The molecular weight excluding hydrogens is 332 g/mol. The number of amides is 1. The van der Waals surface area contributed by atoms with Crippen LogP contribution in [0.5, 0.6) is 0 Å². The van der Waals surface area contributed by atoms with Crippen LogP contribution in [0.3, 0.4) is 0 Å². The van der Waals surface area contributed by atoms with E-state index < -0.39 is 21.0 Å². The van der Waals surface area contributed by atoms with Gasteiger partial charge >= 0.3 is 0 Å². The van der Waals surface area contributed by atoms with Crippen LogP contribution in [0.4, 0.5) is 11.4 Å². The molecule has 2 rings (SSSR count). The van der Waals surface area contributed by atoms with Gasteiger partial charge in [-0.2, -0.15) is 0 Å². The summed E-state index contributed by atoms with van der Waals surface area (Å²) >= 11 is 6.85. The standard InChI is InChI=1S/C13H13ClN2O3S2/c1-8(21(18,19)12-3-2-6-20-12)13(17)16-11-5-4-9(14)7-10(11)15/h2-8H,15H2,1H3,(H,16,17). The van der Waals surface area contributed by atoms with Gasteiger partial charge in [-0.1, -0.05) is 17.7 Å². The van der Waals surface area contributed by atoms with Gasteiger partial charge in [-0.3, -0.25) is 4.79 Å². The van der Waals surface area contributed by atoms with E-state index in [1.807, 2.05) is 0 Å². The zero-order valence-corrected chi connectivity index (χ0v) is 13.4. The summed E-state index contributed by atoms with van der Waals surface area (Å²) in [6, 6.07) is 7.67. The molecule has 0 aliphatic heterocycles. The van der Waals surface area contributed by atoms with Gasteiger partial charge in [0.15, 0.2) is 9.84 Å². The number of halogens is 1. The van der Waals surface area contributed by atoms with E-state index in [1.54, 1.807) is 17.5 Å². The Morgan fingerprint density at radius 2 is 2.10 bits per heavy atom. The topological polar surface area (TPSA) is 89.3 Å². The van der Waals surface area contributed by atoms with Crippen molar-refractivity contribution in [2.24, 2.45) is 0 Å². The van der Waals surface area contributed by atoms with E-state index in [9.17, 15) is 13.2 Å². The normalized spacial score (nSPS) is 12.9. The predicted octanol–water partition coefficient (Wildman–Crippen LogP) is 2.78. The first-order valence-corrected chi connectivity index (χ1v) is 8.76. The van der Waals surface area contributed by atoms with Crippen LogP contribution in [-0.4, -0.2) is 19.6 Å². The van der Waals surface area contributed by atoms with Gasteiger partial charge in [0.2, 0.25) is 5.91 Å². The molecule has 0 aliphatic rings. The van der Waals surface area contributed by atoms with Gasteiger partial charge in [0, 0.05) is 5.02 Å². The first kappa shape index (κ1) is 15.8. The maximum Gasteiger partial charge on any atom is 0.242 e. The number of anilines is 2. The summed E-state index contributed by atoms with van der Waals surface area (Å²) < 4.78 is 24.7. The number of carbonyl (C=O) groups excluding carboxylic acids is 1. The van der Waals surface area contributed by atoms with E-state index in [0.29, 0.717) is 10.7 Å². The van der Waals surface area contributed by atoms with E-state index in [4.69, 9.17) is 17.3 Å². The van der Waals surface area contributed by atoms with Crippen molar-refractivity contribution in [1.29, 1.82) is 0 Å². The number of carbonyl (C=O) groups is 1. The summed E-state index contributed by atoms with van der Waals surface area (Å²) in [4.78, 5) is 12.1. The highest BCUT2D eigenvalue weighted by Crippen LogP contribution is 2.25. The first-order chi connectivity index (χ1) is 9.82. The second-order valence-electron chi connectivity index (χ2n) is 4.34. The number of nitrogen functional groups attached to an aromatic ring is 1. The average Bonchev–Trinajstić information content (AvgIpc) is 2.95. The quantitative estimate of drug-likeness (QED) is 0.834. The lowest BCUT2D eigenvalue weighted by molar-refractivity contribution is -0.115. The van der Waals surface area contributed by atoms with Crippen LogP contribution in [0.2, 0.25) is 5.02 Å². The number of hydrogen-bond acceptors (Lipinski definition) is 5. The third kappa shape index (κ3) is 3.37. The molecule has 8 heteroatoms. The second kappa shape index (κ2) is 6.05. The Kier molecular flexibility index (Phi) is 4.55. The Balaban J connectivity index is 2.20. The zero-order valence-electron chi connectivity index (χ0n) is 11.0. The maximum absolute atomic E-state index is 12.3. The number of thiophene rings is 1. The summed E-state index contributed by atoms with van der Waals surface area (Å²) in [5.74, 6) is -0.641. The number of nitrogens with one attached hydrogen (secondary N) is 1. The number of sulfone groups is 1. The molecule has 0 saturated carbocycles. The average molecular weight is 345 g/mol. The first-order valence-electron chi connectivity index (χ1n) is 5.95. The summed E-state index contributed by atoms with van der Waals surface area (Å²) in [7, 11) is -3.70. The van der Waals surface area contributed by atoms with Gasteiger partial charge in [-0.05, 0) is 36.6 Å². The fourth-order valence-electron chi connectivity index (χ4n) is 1.62. The Bertz CT molecular complexity index is 758. The van der Waals surface area contributed by atoms with Crippen molar-refractivity contribution in [3.8, 4) is 0 Å². The predicted molar refractivity (Wildman–Crippen MR) is 85.5 cm³/mol. The molecule has 1 atom stereocenters. The van der Waals surface area contributed by atoms with Crippen molar-refractivity contribution in [3.05, 3.63) is 40.7 Å². The van der Waals surface area contributed by atoms with Crippen molar-refractivity contribution < 1.29 is 13.2 Å². The minimum absolute atomic E-state index is 0.161. The molecule has 0 aliphatic carbocycles. The number of nitrogens with two attached hydrogens (primary N) is 1. The van der Waals surface area contributed by atoms with Crippen LogP contribution in [0.1, 0.15) is 6.92 Å². The molecule has 0 saturated heterocycles. The maximum atomic E-state index is 12.3. The van der Waals surface area contributed by atoms with E-state index in [1.165, 1.54) is 25.1 Å². The molecule has 1 heterocycles. The van der Waals surface area contributed by atoms with Gasteiger partial charge in [0.05, 0.1) is 11.4 Å². The van der Waals surface area contributed by atoms with Crippen LogP contribution in [0.25, 0.3) is 0 Å². The lowest BCUT2D eigenvalue weighted by atomic mass is 10.2. The third-order valence-electron chi connectivity index (χ3n) is 2.88. The molecule has 0 spiro atoms. The minimum Gasteiger partial charge on any atom is -0.397 e. The number of hydrogen-bond donors (Lipinski definition) is 2. The Hall–Kier alpha value is -1.57. The highest BCUT2D eigenvalue weighted by atomic mass is 35.5. The van der Waals surface area contributed by atoms with Crippen LogP contribution in [0.15, 0.2) is 39.9 Å². The van der Waals surface area contributed by atoms with Gasteiger partial charge in [0.25, 0.3) is 0 Å². The summed E-state index contributed by atoms with van der Waals surface area (Å²) in [6.07, 6.45) is 0. The molecule has 21 heavy (non-hydrogen) atoms. The van der Waals surface area contributed by atoms with Crippen molar-refractivity contribution in [2.45, 2.75) is 16.4 Å². The second-order valence-corrected chi connectivity index (χ2v) is 8.22. The van der Waals surface area contributed by atoms with Crippen molar-refractivity contribution >= 4 is 50.1 Å². The fourth-order valence-corrected chi connectivity index (χ4v) is 4.34. The van der Waals surface area contributed by atoms with Crippen LogP contribution < -0.4 is 11.1 Å². The van der Waals surface area contributed by atoms with Crippen molar-refractivity contribution in [3.63, 3.8) is 0 Å². The van der Waals surface area contributed by atoms with Crippen molar-refractivity contribution in [1.82, 2.24) is 0 Å². The fraction of sp³-hybridized carbons (Fsp3) is 0.154. The largest absolute Gasteiger partial charge is 0.397 e. The molecule has 0 radical (unpaired) electrons. The molecule has 1 aromatic carbocycles. The Morgan fingerprint density at radius 3 is 2.67 bits per heavy atom. The Labute approximate surface area is 131 Å². The molecule has 3 N–H and O–H groups in total. The lowest BCUT2D eigenvalue weighted by Gasteiger charge is -2.13. The molecule has 0 bridgehead atoms. The summed E-state index contributed by atoms with van der Waals surface area (Å²) in [6.45, 7) is 1.34. The molecule has 1 aromatic heterocycles. The van der Waals surface area contributed by atoms with Crippen LogP contribution in [-0.2, 0) is 14.6 Å². The molecule has 112 valence electrons. The highest BCUT2D eigenvalue weighted by Gasteiger charge is 2.30. The Morgan fingerprint density at radius 1 is 1.38 bits per heavy atom. The molecule has 5 nitrogen and oxygen atoms in total. The third-order valence-corrected chi connectivity index (χ3v) is 6.61. The zero-order chi connectivity index (χ0) is 15.6. The molecular formula is C13H13ClN2O3S2. The van der Waals surface area contributed by atoms with E-state index in [2.05, 4.69) is 5.32 Å². The molecule has 0 fully saturated rings. The van der Waals surface area contributed by atoms with Gasteiger partial charge in [0.1, 0.15) is 9.46 Å². The van der Waals surface area contributed by atoms with Crippen molar-refractivity contribution in [2.75, 3.05) is 11.1 Å². The van der Waals surface area contributed by atoms with Crippen LogP contribution in [0, 0.1) is 0 Å². The SMILES string of the molecule is CC(C(=O)Nc1ccc(Cl)cc1N)S(=O)(=O)c1cccs1. The van der Waals surface area contributed by atoms with Crippen LogP contribution >= 0.6 is 22.9 Å². The van der Waals surface area contributed by atoms with Gasteiger partial charge < -0.3 is 11.1 Å². The summed E-state index contributed by atoms with van der Waals surface area (Å²) in [5, 5.41) is 3.37. The molecule has 1 unspecified atom stereocenters. The number of rotatable bonds is 4. The van der Waals surface area contributed by atoms with E-state index in [0.717, 1.165) is 11.3 Å². The number of benzene rings is 1. The highest BCUT2D eigenvalue weighted by molar-refractivity contribution is 7.94. The smallest absolute Gasteiger partial charge is 0.242 e. The van der Waals surface area contributed by atoms with Gasteiger partial charge in [-0.25, -0.2) is 8.42 Å². The minimum atomic E-state index is -3.70. The monoisotopic (exact) mass is 344 g/mol.